The number of rotatable bonds is 1. The highest BCUT2D eigenvalue weighted by atomic mass is 35.5. The fraction of sp³-hybridized carbons (Fsp3) is 0.500. The second kappa shape index (κ2) is 4.52. The van der Waals surface area contributed by atoms with Gasteiger partial charge in [0, 0.05) is 5.02 Å². The van der Waals surface area contributed by atoms with Crippen LogP contribution < -0.4 is 5.32 Å². The number of hydrogen-bond donors (Lipinski definition) is 2. The van der Waals surface area contributed by atoms with E-state index >= 15 is 0 Å². The fourth-order valence-electron chi connectivity index (χ4n) is 2.12. The average molecular weight is 226 g/mol. The standard InChI is InChI=1S/C12H16ClNO/c13-11-4-1-3-10(9-11)12(15)5-2-7-14-8-6-12/h1,3-4,9,14-15H,2,5-8H2. The number of aliphatic hydroxyl groups is 1. The minimum absolute atomic E-state index is 0.693. The Labute approximate surface area is 95.3 Å². The van der Waals surface area contributed by atoms with E-state index in [-0.39, 0.29) is 0 Å². The Hall–Kier alpha value is -0.570. The molecular weight excluding hydrogens is 210 g/mol. The van der Waals surface area contributed by atoms with E-state index in [0.29, 0.717) is 5.02 Å². The average Bonchev–Trinajstić information content (AvgIpc) is 2.44. The van der Waals surface area contributed by atoms with Crippen molar-refractivity contribution in [2.24, 2.45) is 0 Å². The van der Waals surface area contributed by atoms with Crippen LogP contribution in [0.5, 0.6) is 0 Å². The second-order valence-corrected chi connectivity index (χ2v) is 4.58. The van der Waals surface area contributed by atoms with Crippen molar-refractivity contribution in [3.05, 3.63) is 34.9 Å². The number of halogens is 1. The third-order valence-corrected chi connectivity index (χ3v) is 3.26. The van der Waals surface area contributed by atoms with Crippen molar-refractivity contribution < 1.29 is 5.11 Å². The Morgan fingerprint density at radius 3 is 2.93 bits per heavy atom. The van der Waals surface area contributed by atoms with Crippen LogP contribution in [-0.4, -0.2) is 18.2 Å². The first-order valence-corrected chi connectivity index (χ1v) is 5.78. The van der Waals surface area contributed by atoms with Crippen LogP contribution in [0.2, 0.25) is 5.02 Å². The van der Waals surface area contributed by atoms with Crippen molar-refractivity contribution in [2.75, 3.05) is 13.1 Å². The normalized spacial score (nSPS) is 27.3. The lowest BCUT2D eigenvalue weighted by Gasteiger charge is -2.27. The third-order valence-electron chi connectivity index (χ3n) is 3.02. The molecule has 0 radical (unpaired) electrons. The number of benzene rings is 1. The van der Waals surface area contributed by atoms with E-state index in [0.717, 1.165) is 37.9 Å². The van der Waals surface area contributed by atoms with Crippen molar-refractivity contribution >= 4 is 11.6 Å². The Morgan fingerprint density at radius 2 is 2.13 bits per heavy atom. The maximum absolute atomic E-state index is 10.5. The van der Waals surface area contributed by atoms with Gasteiger partial charge in [-0.1, -0.05) is 23.7 Å². The predicted molar refractivity (Wildman–Crippen MR) is 62.1 cm³/mol. The molecule has 1 saturated heterocycles. The first-order chi connectivity index (χ1) is 7.21. The maximum atomic E-state index is 10.5. The summed E-state index contributed by atoms with van der Waals surface area (Å²) in [7, 11) is 0. The summed E-state index contributed by atoms with van der Waals surface area (Å²) in [5.74, 6) is 0. The highest BCUT2D eigenvalue weighted by Gasteiger charge is 2.29. The smallest absolute Gasteiger partial charge is 0.0909 e. The third kappa shape index (κ3) is 2.51. The van der Waals surface area contributed by atoms with Gasteiger partial charge in [0.2, 0.25) is 0 Å². The summed E-state index contributed by atoms with van der Waals surface area (Å²) in [6, 6.07) is 7.56. The molecule has 0 aliphatic carbocycles. The monoisotopic (exact) mass is 225 g/mol. The second-order valence-electron chi connectivity index (χ2n) is 4.15. The van der Waals surface area contributed by atoms with E-state index in [4.69, 9.17) is 11.6 Å². The summed E-state index contributed by atoms with van der Waals surface area (Å²) in [5, 5.41) is 14.5. The van der Waals surface area contributed by atoms with Gasteiger partial charge in [0.15, 0.2) is 0 Å². The van der Waals surface area contributed by atoms with Gasteiger partial charge in [-0.2, -0.15) is 0 Å². The largest absolute Gasteiger partial charge is 0.385 e. The van der Waals surface area contributed by atoms with Crippen LogP contribution in [0.3, 0.4) is 0 Å². The number of nitrogens with one attached hydrogen (secondary N) is 1. The minimum atomic E-state index is -0.700. The first-order valence-electron chi connectivity index (χ1n) is 5.40. The molecule has 0 spiro atoms. The molecular formula is C12H16ClNO. The molecule has 1 atom stereocenters. The Balaban J connectivity index is 2.26. The maximum Gasteiger partial charge on any atom is 0.0909 e. The zero-order valence-electron chi connectivity index (χ0n) is 8.67. The van der Waals surface area contributed by atoms with Gasteiger partial charge >= 0.3 is 0 Å². The molecule has 0 bridgehead atoms. The van der Waals surface area contributed by atoms with E-state index in [9.17, 15) is 5.11 Å². The topological polar surface area (TPSA) is 32.3 Å². The molecule has 1 fully saturated rings. The van der Waals surface area contributed by atoms with Gasteiger partial charge in [0.1, 0.15) is 0 Å². The number of hydrogen-bond acceptors (Lipinski definition) is 2. The Morgan fingerprint density at radius 1 is 1.27 bits per heavy atom. The molecule has 3 heteroatoms. The van der Waals surface area contributed by atoms with Crippen LogP contribution in [0.1, 0.15) is 24.8 Å². The molecule has 0 amide bonds. The molecule has 2 N–H and O–H groups in total. The summed E-state index contributed by atoms with van der Waals surface area (Å²) < 4.78 is 0. The van der Waals surface area contributed by atoms with Crippen LogP contribution in [0, 0.1) is 0 Å². The molecule has 1 aromatic rings. The van der Waals surface area contributed by atoms with Crippen LogP contribution in [0.25, 0.3) is 0 Å². The summed E-state index contributed by atoms with van der Waals surface area (Å²) in [5.41, 5.74) is 0.243. The van der Waals surface area contributed by atoms with Gasteiger partial charge in [-0.3, -0.25) is 0 Å². The minimum Gasteiger partial charge on any atom is -0.385 e. The quantitative estimate of drug-likeness (QED) is 0.769. The highest BCUT2D eigenvalue weighted by molar-refractivity contribution is 6.30. The Bertz CT molecular complexity index is 332. The van der Waals surface area contributed by atoms with Gasteiger partial charge in [-0.05, 0) is 50.0 Å². The van der Waals surface area contributed by atoms with Crippen molar-refractivity contribution in [2.45, 2.75) is 24.9 Å². The molecule has 1 aliphatic heterocycles. The molecule has 82 valence electrons. The highest BCUT2D eigenvalue weighted by Crippen LogP contribution is 2.32. The lowest BCUT2D eigenvalue weighted by Crippen LogP contribution is -2.27. The molecule has 1 aliphatic rings. The predicted octanol–water partition coefficient (Wildman–Crippen LogP) is 2.30. The SMILES string of the molecule is OC1(c2cccc(Cl)c2)CCCNCC1. The van der Waals surface area contributed by atoms with E-state index < -0.39 is 5.60 Å². The zero-order valence-corrected chi connectivity index (χ0v) is 9.43. The van der Waals surface area contributed by atoms with E-state index in [1.165, 1.54) is 0 Å². The van der Waals surface area contributed by atoms with Crippen molar-refractivity contribution in [1.82, 2.24) is 5.32 Å². The molecule has 0 aromatic heterocycles. The fourth-order valence-corrected chi connectivity index (χ4v) is 2.31. The molecule has 1 unspecified atom stereocenters. The lowest BCUT2D eigenvalue weighted by molar-refractivity contribution is 0.0240. The first kappa shape index (κ1) is 10.9. The Kier molecular flexibility index (Phi) is 3.29. The van der Waals surface area contributed by atoms with E-state index in [1.54, 1.807) is 0 Å². The molecule has 1 heterocycles. The van der Waals surface area contributed by atoms with Gasteiger partial charge in [-0.25, -0.2) is 0 Å². The van der Waals surface area contributed by atoms with E-state index in [2.05, 4.69) is 5.32 Å². The zero-order chi connectivity index (χ0) is 10.7. The van der Waals surface area contributed by atoms with Crippen molar-refractivity contribution in [3.8, 4) is 0 Å². The summed E-state index contributed by atoms with van der Waals surface area (Å²) in [4.78, 5) is 0. The van der Waals surface area contributed by atoms with Gasteiger partial charge in [0.25, 0.3) is 0 Å². The summed E-state index contributed by atoms with van der Waals surface area (Å²) >= 11 is 5.94. The van der Waals surface area contributed by atoms with E-state index in [1.807, 2.05) is 24.3 Å². The van der Waals surface area contributed by atoms with Crippen LogP contribution in [0.4, 0.5) is 0 Å². The lowest BCUT2D eigenvalue weighted by atomic mass is 9.87. The molecule has 0 saturated carbocycles. The molecule has 15 heavy (non-hydrogen) atoms. The van der Waals surface area contributed by atoms with Crippen LogP contribution >= 0.6 is 11.6 Å². The van der Waals surface area contributed by atoms with Crippen LogP contribution in [-0.2, 0) is 5.60 Å². The van der Waals surface area contributed by atoms with Crippen molar-refractivity contribution in [3.63, 3.8) is 0 Å². The summed E-state index contributed by atoms with van der Waals surface area (Å²) in [6.07, 6.45) is 2.57. The molecule has 1 aromatic carbocycles. The van der Waals surface area contributed by atoms with Crippen LogP contribution in [0.15, 0.2) is 24.3 Å². The summed E-state index contributed by atoms with van der Waals surface area (Å²) in [6.45, 7) is 1.85. The molecule has 2 rings (SSSR count). The van der Waals surface area contributed by atoms with Gasteiger partial charge < -0.3 is 10.4 Å². The van der Waals surface area contributed by atoms with Gasteiger partial charge in [0.05, 0.1) is 5.60 Å². The van der Waals surface area contributed by atoms with Gasteiger partial charge in [-0.15, -0.1) is 0 Å². The van der Waals surface area contributed by atoms with Crippen molar-refractivity contribution in [1.29, 1.82) is 0 Å². The molecule has 2 nitrogen and oxygen atoms in total.